The Morgan fingerprint density at radius 2 is 2.20 bits per heavy atom. The molecule has 1 saturated heterocycles. The molecule has 0 spiro atoms. The van der Waals surface area contributed by atoms with Crippen LogP contribution in [-0.2, 0) is 4.74 Å². The average molecular weight is 214 g/mol. The maximum Gasteiger partial charge on any atom is 0.0462 e. The van der Waals surface area contributed by atoms with Gasteiger partial charge in [-0.15, -0.1) is 0 Å². The summed E-state index contributed by atoms with van der Waals surface area (Å²) < 4.78 is 5.03. The molecule has 0 aromatic carbocycles. The number of nitrogens with zero attached hydrogens (tertiary/aromatic N) is 1. The Bertz CT molecular complexity index is 162. The van der Waals surface area contributed by atoms with E-state index in [1.807, 2.05) is 0 Å². The average Bonchev–Trinajstić information content (AvgIpc) is 2.66. The topological polar surface area (TPSA) is 24.5 Å². The monoisotopic (exact) mass is 214 g/mol. The van der Waals surface area contributed by atoms with Gasteiger partial charge in [0.2, 0.25) is 0 Å². The van der Waals surface area contributed by atoms with Gasteiger partial charge in [0.1, 0.15) is 0 Å². The minimum absolute atomic E-state index is 0.699. The maximum atomic E-state index is 5.03. The first kappa shape index (κ1) is 12.9. The molecule has 0 aliphatic carbocycles. The molecule has 3 nitrogen and oxygen atoms in total. The molecule has 1 atom stereocenters. The van der Waals surface area contributed by atoms with Crippen molar-refractivity contribution in [1.82, 2.24) is 10.2 Å². The van der Waals surface area contributed by atoms with Crippen LogP contribution in [0.25, 0.3) is 0 Å². The lowest BCUT2D eigenvalue weighted by Gasteiger charge is -2.20. The predicted molar refractivity (Wildman–Crippen MR) is 64.2 cm³/mol. The third-order valence-corrected chi connectivity index (χ3v) is 3.16. The fourth-order valence-corrected chi connectivity index (χ4v) is 2.10. The highest BCUT2D eigenvalue weighted by atomic mass is 16.5. The van der Waals surface area contributed by atoms with Crippen molar-refractivity contribution >= 4 is 0 Å². The van der Waals surface area contributed by atoms with E-state index in [1.54, 1.807) is 7.11 Å². The number of unbranched alkanes of at least 4 members (excludes halogenated alkanes) is 1. The minimum Gasteiger partial charge on any atom is -0.385 e. The van der Waals surface area contributed by atoms with Crippen LogP contribution < -0.4 is 5.32 Å². The minimum atomic E-state index is 0.699. The number of rotatable bonds is 7. The van der Waals surface area contributed by atoms with Crippen molar-refractivity contribution < 1.29 is 4.74 Å². The van der Waals surface area contributed by atoms with Gasteiger partial charge in [-0.05, 0) is 46.2 Å². The second-order valence-electron chi connectivity index (χ2n) is 4.73. The molecule has 0 amide bonds. The Labute approximate surface area is 94.2 Å². The second kappa shape index (κ2) is 7.20. The van der Waals surface area contributed by atoms with Gasteiger partial charge < -0.3 is 10.1 Å². The lowest BCUT2D eigenvalue weighted by atomic mass is 10.2. The van der Waals surface area contributed by atoms with Gasteiger partial charge >= 0.3 is 0 Å². The number of hydrogen-bond acceptors (Lipinski definition) is 3. The molecule has 1 aliphatic rings. The van der Waals surface area contributed by atoms with Crippen molar-refractivity contribution in [2.24, 2.45) is 0 Å². The summed E-state index contributed by atoms with van der Waals surface area (Å²) in [5, 5.41) is 3.63. The van der Waals surface area contributed by atoms with Crippen molar-refractivity contribution in [3.05, 3.63) is 0 Å². The molecule has 1 N–H and O–H groups in total. The van der Waals surface area contributed by atoms with E-state index in [9.17, 15) is 0 Å². The van der Waals surface area contributed by atoms with Gasteiger partial charge in [-0.3, -0.25) is 4.90 Å². The summed E-state index contributed by atoms with van der Waals surface area (Å²) in [6, 6.07) is 1.42. The molecule has 1 rings (SSSR count). The van der Waals surface area contributed by atoms with Crippen LogP contribution in [0.15, 0.2) is 0 Å². The summed E-state index contributed by atoms with van der Waals surface area (Å²) in [6.45, 7) is 9.07. The molecule has 3 heteroatoms. The van der Waals surface area contributed by atoms with Gasteiger partial charge in [-0.2, -0.15) is 0 Å². The second-order valence-corrected chi connectivity index (χ2v) is 4.73. The maximum absolute atomic E-state index is 5.03. The number of hydrogen-bond donors (Lipinski definition) is 1. The lowest BCUT2D eigenvalue weighted by molar-refractivity contribution is 0.192. The zero-order valence-corrected chi connectivity index (χ0v) is 10.5. The first-order valence-corrected chi connectivity index (χ1v) is 6.20. The number of ether oxygens (including phenoxy) is 1. The van der Waals surface area contributed by atoms with E-state index < -0.39 is 0 Å². The highest BCUT2D eigenvalue weighted by molar-refractivity contribution is 4.82. The van der Waals surface area contributed by atoms with E-state index >= 15 is 0 Å². The van der Waals surface area contributed by atoms with E-state index in [-0.39, 0.29) is 0 Å². The molecule has 1 heterocycles. The summed E-state index contributed by atoms with van der Waals surface area (Å²) in [5.41, 5.74) is 0. The van der Waals surface area contributed by atoms with Crippen LogP contribution in [0.3, 0.4) is 0 Å². The highest BCUT2D eigenvalue weighted by Crippen LogP contribution is 2.12. The molecule has 0 saturated carbocycles. The number of likely N-dealkylation sites (tertiary alicyclic amines) is 1. The fraction of sp³-hybridized carbons (Fsp3) is 1.00. The Hall–Kier alpha value is -0.120. The predicted octanol–water partition coefficient (Wildman–Crippen LogP) is 1.49. The van der Waals surface area contributed by atoms with E-state index in [1.165, 1.54) is 32.4 Å². The quantitative estimate of drug-likeness (QED) is 0.650. The first-order chi connectivity index (χ1) is 7.24. The summed E-state index contributed by atoms with van der Waals surface area (Å²) in [7, 11) is 1.77. The van der Waals surface area contributed by atoms with Gasteiger partial charge in [-0.25, -0.2) is 0 Å². The van der Waals surface area contributed by atoms with Gasteiger partial charge in [-0.1, -0.05) is 0 Å². The van der Waals surface area contributed by atoms with Crippen molar-refractivity contribution in [3.63, 3.8) is 0 Å². The molecule has 90 valence electrons. The van der Waals surface area contributed by atoms with Gasteiger partial charge in [0.25, 0.3) is 0 Å². The van der Waals surface area contributed by atoms with Crippen molar-refractivity contribution in [2.75, 3.05) is 33.4 Å². The number of nitrogens with one attached hydrogen (secondary N) is 1. The third kappa shape index (κ3) is 4.96. The van der Waals surface area contributed by atoms with Crippen molar-refractivity contribution in [1.29, 1.82) is 0 Å². The van der Waals surface area contributed by atoms with Crippen LogP contribution in [0.1, 0.15) is 33.1 Å². The normalized spacial score (nSPS) is 22.8. The number of methoxy groups -OCH3 is 1. The molecular formula is C12H26N2O. The van der Waals surface area contributed by atoms with Gasteiger partial charge in [0, 0.05) is 32.3 Å². The Kier molecular flexibility index (Phi) is 6.22. The largest absolute Gasteiger partial charge is 0.385 e. The first-order valence-electron chi connectivity index (χ1n) is 6.20. The standard InChI is InChI=1S/C12H26N2O/c1-11(2)14-8-6-12(10-14)13-7-4-5-9-15-3/h11-13H,4-10H2,1-3H3. The van der Waals surface area contributed by atoms with Crippen LogP contribution in [0.5, 0.6) is 0 Å². The van der Waals surface area contributed by atoms with E-state index in [2.05, 4.69) is 24.1 Å². The Morgan fingerprint density at radius 1 is 1.40 bits per heavy atom. The third-order valence-electron chi connectivity index (χ3n) is 3.16. The zero-order chi connectivity index (χ0) is 11.1. The molecule has 0 radical (unpaired) electrons. The molecule has 1 unspecified atom stereocenters. The molecule has 0 aromatic rings. The Morgan fingerprint density at radius 3 is 2.80 bits per heavy atom. The van der Waals surface area contributed by atoms with E-state index in [0.717, 1.165) is 19.2 Å². The summed E-state index contributed by atoms with van der Waals surface area (Å²) >= 11 is 0. The van der Waals surface area contributed by atoms with E-state index in [0.29, 0.717) is 6.04 Å². The van der Waals surface area contributed by atoms with Crippen LogP contribution >= 0.6 is 0 Å². The molecule has 0 bridgehead atoms. The van der Waals surface area contributed by atoms with Crippen LogP contribution in [0, 0.1) is 0 Å². The SMILES string of the molecule is COCCCCNC1CCN(C(C)C)C1. The smallest absolute Gasteiger partial charge is 0.0462 e. The van der Waals surface area contributed by atoms with Crippen LogP contribution in [0.2, 0.25) is 0 Å². The molecule has 0 aromatic heterocycles. The van der Waals surface area contributed by atoms with Crippen molar-refractivity contribution in [2.45, 2.75) is 45.2 Å². The van der Waals surface area contributed by atoms with Crippen LogP contribution in [0.4, 0.5) is 0 Å². The zero-order valence-electron chi connectivity index (χ0n) is 10.5. The summed E-state index contributed by atoms with van der Waals surface area (Å²) in [4.78, 5) is 2.55. The fourth-order valence-electron chi connectivity index (χ4n) is 2.10. The molecular weight excluding hydrogens is 188 g/mol. The molecule has 15 heavy (non-hydrogen) atoms. The van der Waals surface area contributed by atoms with E-state index in [4.69, 9.17) is 4.74 Å². The summed E-state index contributed by atoms with van der Waals surface area (Å²) in [5.74, 6) is 0. The van der Waals surface area contributed by atoms with Crippen LogP contribution in [-0.4, -0.2) is 50.3 Å². The molecule has 1 fully saturated rings. The molecule has 1 aliphatic heterocycles. The van der Waals surface area contributed by atoms with Gasteiger partial charge in [0.15, 0.2) is 0 Å². The lowest BCUT2D eigenvalue weighted by Crippen LogP contribution is -2.35. The Balaban J connectivity index is 1.99. The van der Waals surface area contributed by atoms with Crippen molar-refractivity contribution in [3.8, 4) is 0 Å². The summed E-state index contributed by atoms with van der Waals surface area (Å²) in [6.07, 6.45) is 3.71. The van der Waals surface area contributed by atoms with Gasteiger partial charge in [0.05, 0.1) is 0 Å². The highest BCUT2D eigenvalue weighted by Gasteiger charge is 2.23.